The Kier molecular flexibility index (Phi) is 4.89. The standard InChI is InChI=1S/C14H20N2O2/c1-5-15-13(17)11(4)16-14(18)12-7-6-9(2)10(3)8-12/h6-8,11H,5H2,1-4H3,(H,15,17)(H,16,18)/t11-/m1/s1. The van der Waals surface area contributed by atoms with Crippen LogP contribution in [-0.4, -0.2) is 24.4 Å². The Balaban J connectivity index is 2.70. The minimum absolute atomic E-state index is 0.172. The van der Waals surface area contributed by atoms with Gasteiger partial charge in [-0.25, -0.2) is 0 Å². The van der Waals surface area contributed by atoms with Crippen molar-refractivity contribution in [3.05, 3.63) is 34.9 Å². The summed E-state index contributed by atoms with van der Waals surface area (Å²) in [5, 5.41) is 5.35. The molecule has 0 unspecified atom stereocenters. The molecule has 18 heavy (non-hydrogen) atoms. The molecule has 0 saturated carbocycles. The summed E-state index contributed by atoms with van der Waals surface area (Å²) in [6, 6.07) is 4.97. The lowest BCUT2D eigenvalue weighted by Crippen LogP contribution is -2.44. The average molecular weight is 248 g/mol. The van der Waals surface area contributed by atoms with E-state index >= 15 is 0 Å². The second kappa shape index (κ2) is 6.19. The molecule has 0 radical (unpaired) electrons. The van der Waals surface area contributed by atoms with Gasteiger partial charge in [0.2, 0.25) is 5.91 Å². The Labute approximate surface area is 108 Å². The van der Waals surface area contributed by atoms with Crippen molar-refractivity contribution in [3.63, 3.8) is 0 Å². The van der Waals surface area contributed by atoms with Gasteiger partial charge in [-0.2, -0.15) is 0 Å². The lowest BCUT2D eigenvalue weighted by molar-refractivity contribution is -0.122. The fourth-order valence-electron chi connectivity index (χ4n) is 1.56. The zero-order valence-corrected chi connectivity index (χ0v) is 11.3. The monoisotopic (exact) mass is 248 g/mol. The summed E-state index contributed by atoms with van der Waals surface area (Å²) in [5.41, 5.74) is 2.78. The van der Waals surface area contributed by atoms with Gasteiger partial charge in [0.15, 0.2) is 0 Å². The molecule has 4 heteroatoms. The summed E-state index contributed by atoms with van der Waals surface area (Å²) >= 11 is 0. The van der Waals surface area contributed by atoms with Crippen LogP contribution in [0.1, 0.15) is 35.3 Å². The number of benzene rings is 1. The van der Waals surface area contributed by atoms with E-state index in [0.29, 0.717) is 12.1 Å². The smallest absolute Gasteiger partial charge is 0.251 e. The number of hydrogen-bond acceptors (Lipinski definition) is 2. The van der Waals surface area contributed by atoms with Crippen molar-refractivity contribution < 1.29 is 9.59 Å². The summed E-state index contributed by atoms with van der Waals surface area (Å²) in [6.07, 6.45) is 0. The fraction of sp³-hybridized carbons (Fsp3) is 0.429. The summed E-state index contributed by atoms with van der Waals surface area (Å²) in [6.45, 7) is 8.02. The number of aryl methyl sites for hydroxylation is 2. The van der Waals surface area contributed by atoms with Crippen molar-refractivity contribution >= 4 is 11.8 Å². The van der Waals surface area contributed by atoms with Gasteiger partial charge in [0, 0.05) is 12.1 Å². The summed E-state index contributed by atoms with van der Waals surface area (Å²) in [7, 11) is 0. The zero-order chi connectivity index (χ0) is 13.7. The highest BCUT2D eigenvalue weighted by Crippen LogP contribution is 2.09. The predicted molar refractivity (Wildman–Crippen MR) is 71.5 cm³/mol. The van der Waals surface area contributed by atoms with E-state index in [0.717, 1.165) is 11.1 Å². The van der Waals surface area contributed by atoms with E-state index in [1.165, 1.54) is 0 Å². The summed E-state index contributed by atoms with van der Waals surface area (Å²) in [4.78, 5) is 23.4. The largest absolute Gasteiger partial charge is 0.355 e. The van der Waals surface area contributed by atoms with Crippen molar-refractivity contribution in [2.24, 2.45) is 0 Å². The zero-order valence-electron chi connectivity index (χ0n) is 11.3. The van der Waals surface area contributed by atoms with Gasteiger partial charge >= 0.3 is 0 Å². The molecule has 98 valence electrons. The van der Waals surface area contributed by atoms with Gasteiger partial charge in [-0.1, -0.05) is 6.07 Å². The Bertz CT molecular complexity index is 455. The summed E-state index contributed by atoms with van der Waals surface area (Å²) < 4.78 is 0. The van der Waals surface area contributed by atoms with E-state index in [-0.39, 0.29) is 11.8 Å². The molecular weight excluding hydrogens is 228 g/mol. The molecule has 0 aromatic heterocycles. The molecule has 0 heterocycles. The lowest BCUT2D eigenvalue weighted by Gasteiger charge is -2.13. The van der Waals surface area contributed by atoms with Crippen LogP contribution in [0.3, 0.4) is 0 Å². The third-order valence-corrected chi connectivity index (χ3v) is 2.86. The van der Waals surface area contributed by atoms with Gasteiger partial charge in [-0.05, 0) is 51.0 Å². The second-order valence-electron chi connectivity index (χ2n) is 4.39. The predicted octanol–water partition coefficient (Wildman–Crippen LogP) is 1.56. The molecule has 0 bridgehead atoms. The van der Waals surface area contributed by atoms with Crippen LogP contribution in [0.2, 0.25) is 0 Å². The fourth-order valence-corrected chi connectivity index (χ4v) is 1.56. The number of likely N-dealkylation sites (N-methyl/N-ethyl adjacent to an activating group) is 1. The van der Waals surface area contributed by atoms with Crippen LogP contribution < -0.4 is 10.6 Å². The van der Waals surface area contributed by atoms with Gasteiger partial charge in [0.25, 0.3) is 5.91 Å². The minimum atomic E-state index is -0.529. The first-order valence-electron chi connectivity index (χ1n) is 6.11. The maximum atomic E-state index is 11.9. The number of nitrogens with one attached hydrogen (secondary N) is 2. The Morgan fingerprint density at radius 2 is 1.89 bits per heavy atom. The van der Waals surface area contributed by atoms with E-state index < -0.39 is 6.04 Å². The Hall–Kier alpha value is -1.84. The molecule has 4 nitrogen and oxygen atoms in total. The van der Waals surface area contributed by atoms with Crippen LogP contribution in [0.25, 0.3) is 0 Å². The number of amides is 2. The van der Waals surface area contributed by atoms with E-state index in [2.05, 4.69) is 10.6 Å². The van der Waals surface area contributed by atoms with E-state index in [1.54, 1.807) is 13.0 Å². The van der Waals surface area contributed by atoms with E-state index in [9.17, 15) is 9.59 Å². The quantitative estimate of drug-likeness (QED) is 0.849. The molecule has 0 aliphatic heterocycles. The third kappa shape index (κ3) is 3.58. The minimum Gasteiger partial charge on any atom is -0.355 e. The highest BCUT2D eigenvalue weighted by Gasteiger charge is 2.15. The van der Waals surface area contributed by atoms with Crippen LogP contribution in [0.5, 0.6) is 0 Å². The van der Waals surface area contributed by atoms with Crippen molar-refractivity contribution in [3.8, 4) is 0 Å². The van der Waals surface area contributed by atoms with Crippen LogP contribution >= 0.6 is 0 Å². The molecule has 1 rings (SSSR count). The number of rotatable bonds is 4. The van der Waals surface area contributed by atoms with Crippen molar-refractivity contribution in [2.45, 2.75) is 33.7 Å². The van der Waals surface area contributed by atoms with Gasteiger partial charge in [0.05, 0.1) is 0 Å². The van der Waals surface area contributed by atoms with Crippen molar-refractivity contribution in [1.29, 1.82) is 0 Å². The third-order valence-electron chi connectivity index (χ3n) is 2.86. The first-order valence-corrected chi connectivity index (χ1v) is 6.11. The molecular formula is C14H20N2O2. The average Bonchev–Trinajstić information content (AvgIpc) is 2.32. The van der Waals surface area contributed by atoms with Crippen LogP contribution in [-0.2, 0) is 4.79 Å². The maximum Gasteiger partial charge on any atom is 0.251 e. The van der Waals surface area contributed by atoms with Crippen molar-refractivity contribution in [2.75, 3.05) is 6.54 Å². The number of carbonyl (C=O) groups is 2. The molecule has 1 aromatic rings. The molecule has 0 fully saturated rings. The SMILES string of the molecule is CCNC(=O)[C@@H](C)NC(=O)c1ccc(C)c(C)c1. The van der Waals surface area contributed by atoms with Gasteiger partial charge in [-0.3, -0.25) is 9.59 Å². The molecule has 2 N–H and O–H groups in total. The first-order chi connectivity index (χ1) is 8.45. The lowest BCUT2D eigenvalue weighted by atomic mass is 10.1. The normalized spacial score (nSPS) is 11.8. The molecule has 1 atom stereocenters. The van der Waals surface area contributed by atoms with Crippen molar-refractivity contribution in [1.82, 2.24) is 10.6 Å². The molecule has 0 saturated heterocycles. The Morgan fingerprint density at radius 3 is 2.44 bits per heavy atom. The first kappa shape index (κ1) is 14.2. The van der Waals surface area contributed by atoms with Gasteiger partial charge in [-0.15, -0.1) is 0 Å². The number of carbonyl (C=O) groups excluding carboxylic acids is 2. The van der Waals surface area contributed by atoms with Gasteiger partial charge < -0.3 is 10.6 Å². The van der Waals surface area contributed by atoms with Crippen LogP contribution in [0.4, 0.5) is 0 Å². The molecule has 1 aromatic carbocycles. The number of hydrogen-bond donors (Lipinski definition) is 2. The highest BCUT2D eigenvalue weighted by atomic mass is 16.2. The molecule has 0 aliphatic rings. The van der Waals surface area contributed by atoms with E-state index in [4.69, 9.17) is 0 Å². The maximum absolute atomic E-state index is 11.9. The van der Waals surface area contributed by atoms with Gasteiger partial charge in [0.1, 0.15) is 6.04 Å². The topological polar surface area (TPSA) is 58.2 Å². The molecule has 0 spiro atoms. The molecule has 2 amide bonds. The van der Waals surface area contributed by atoms with Crippen LogP contribution in [0.15, 0.2) is 18.2 Å². The van der Waals surface area contributed by atoms with E-state index in [1.807, 2.05) is 32.9 Å². The highest BCUT2D eigenvalue weighted by molar-refractivity contribution is 5.97. The van der Waals surface area contributed by atoms with Crippen LogP contribution in [0, 0.1) is 13.8 Å². The molecule has 0 aliphatic carbocycles. The Morgan fingerprint density at radius 1 is 1.22 bits per heavy atom. The summed E-state index contributed by atoms with van der Waals surface area (Å²) in [5.74, 6) is -0.397. The second-order valence-corrected chi connectivity index (χ2v) is 4.39.